The van der Waals surface area contributed by atoms with Crippen molar-refractivity contribution in [3.05, 3.63) is 0 Å². The molecule has 1 heterocycles. The van der Waals surface area contributed by atoms with Crippen molar-refractivity contribution in [3.63, 3.8) is 0 Å². The van der Waals surface area contributed by atoms with Gasteiger partial charge in [0.1, 0.15) is 0 Å². The maximum absolute atomic E-state index is 11.7. The van der Waals surface area contributed by atoms with Crippen LogP contribution in [0.25, 0.3) is 0 Å². The monoisotopic (exact) mass is 182 g/mol. The molecule has 13 heavy (non-hydrogen) atoms. The molecule has 2 aliphatic rings. The van der Waals surface area contributed by atoms with Crippen LogP contribution in [0.3, 0.4) is 0 Å². The fraction of sp³-hybridized carbons (Fsp3) is 0.900. The second-order valence-corrected chi connectivity index (χ2v) is 4.42. The van der Waals surface area contributed by atoms with Crippen molar-refractivity contribution in [2.45, 2.75) is 44.8 Å². The van der Waals surface area contributed by atoms with E-state index in [1.165, 1.54) is 12.8 Å². The van der Waals surface area contributed by atoms with Gasteiger partial charge in [0.15, 0.2) is 0 Å². The van der Waals surface area contributed by atoms with Crippen molar-refractivity contribution < 1.29 is 4.79 Å². The molecular formula is C10H18N2O. The van der Waals surface area contributed by atoms with Gasteiger partial charge in [-0.15, -0.1) is 0 Å². The first-order valence-electron chi connectivity index (χ1n) is 5.13. The van der Waals surface area contributed by atoms with E-state index in [9.17, 15) is 4.79 Å². The fourth-order valence-electron chi connectivity index (χ4n) is 2.27. The van der Waals surface area contributed by atoms with E-state index in [0.29, 0.717) is 18.5 Å². The number of nitrogens with zero attached hydrogens (tertiary/aromatic N) is 2. The Morgan fingerprint density at radius 1 is 1.54 bits per heavy atom. The van der Waals surface area contributed by atoms with Gasteiger partial charge < -0.3 is 4.90 Å². The summed E-state index contributed by atoms with van der Waals surface area (Å²) in [6.07, 6.45) is 3.43. The molecule has 2 rings (SSSR count). The summed E-state index contributed by atoms with van der Waals surface area (Å²) in [5, 5.41) is 0. The molecule has 1 amide bonds. The topological polar surface area (TPSA) is 23.6 Å². The molecule has 1 saturated heterocycles. The average Bonchev–Trinajstić information content (AvgIpc) is 2.84. The standard InChI is InChI=1S/C10H18N2O/c1-4-10(2)11(3)7-9(13)12(10)8-5-6-8/h8H,4-7H2,1-3H3. The molecule has 0 spiro atoms. The highest BCUT2D eigenvalue weighted by Gasteiger charge is 2.50. The van der Waals surface area contributed by atoms with Gasteiger partial charge in [0, 0.05) is 6.04 Å². The molecule has 0 aromatic rings. The van der Waals surface area contributed by atoms with Crippen molar-refractivity contribution in [3.8, 4) is 0 Å². The first kappa shape index (κ1) is 9.00. The molecule has 1 atom stereocenters. The molecule has 3 heteroatoms. The van der Waals surface area contributed by atoms with E-state index in [1.54, 1.807) is 0 Å². The minimum Gasteiger partial charge on any atom is -0.320 e. The van der Waals surface area contributed by atoms with Crippen molar-refractivity contribution in [1.82, 2.24) is 9.80 Å². The lowest BCUT2D eigenvalue weighted by Crippen LogP contribution is -2.50. The van der Waals surface area contributed by atoms with Crippen LogP contribution < -0.4 is 0 Å². The fourth-order valence-corrected chi connectivity index (χ4v) is 2.27. The van der Waals surface area contributed by atoms with Crippen molar-refractivity contribution in [2.75, 3.05) is 13.6 Å². The second-order valence-electron chi connectivity index (χ2n) is 4.42. The Bertz CT molecular complexity index is 237. The lowest BCUT2D eigenvalue weighted by Gasteiger charge is -2.38. The van der Waals surface area contributed by atoms with Crippen LogP contribution in [0.4, 0.5) is 0 Å². The van der Waals surface area contributed by atoms with Crippen LogP contribution in [-0.2, 0) is 4.79 Å². The summed E-state index contributed by atoms with van der Waals surface area (Å²) >= 11 is 0. The third-order valence-corrected chi connectivity index (χ3v) is 3.56. The van der Waals surface area contributed by atoms with Gasteiger partial charge in [-0.05, 0) is 33.2 Å². The zero-order chi connectivity index (χ0) is 9.64. The van der Waals surface area contributed by atoms with Gasteiger partial charge in [0.05, 0.1) is 12.2 Å². The average molecular weight is 182 g/mol. The zero-order valence-electron chi connectivity index (χ0n) is 8.71. The SMILES string of the molecule is CCC1(C)N(C)CC(=O)N1C1CC1. The third kappa shape index (κ3) is 1.17. The van der Waals surface area contributed by atoms with E-state index in [4.69, 9.17) is 0 Å². The Kier molecular flexibility index (Phi) is 1.88. The zero-order valence-corrected chi connectivity index (χ0v) is 8.71. The molecule has 1 unspecified atom stereocenters. The number of likely N-dealkylation sites (N-methyl/N-ethyl adjacent to an activating group) is 1. The van der Waals surface area contributed by atoms with E-state index in [-0.39, 0.29) is 5.66 Å². The molecule has 0 N–H and O–H groups in total. The highest BCUT2D eigenvalue weighted by atomic mass is 16.2. The van der Waals surface area contributed by atoms with Crippen LogP contribution in [0.2, 0.25) is 0 Å². The van der Waals surface area contributed by atoms with Crippen LogP contribution in [0, 0.1) is 0 Å². The summed E-state index contributed by atoms with van der Waals surface area (Å²) < 4.78 is 0. The number of rotatable bonds is 2. The molecule has 3 nitrogen and oxygen atoms in total. The number of carbonyl (C=O) groups excluding carboxylic acids is 1. The molecule has 74 valence electrons. The largest absolute Gasteiger partial charge is 0.320 e. The minimum absolute atomic E-state index is 0.0156. The molecule has 2 fully saturated rings. The molecule has 0 aromatic heterocycles. The van der Waals surface area contributed by atoms with Crippen molar-refractivity contribution >= 4 is 5.91 Å². The van der Waals surface area contributed by atoms with Crippen LogP contribution in [0.1, 0.15) is 33.1 Å². The van der Waals surface area contributed by atoms with Gasteiger partial charge >= 0.3 is 0 Å². The number of hydrogen-bond donors (Lipinski definition) is 0. The maximum atomic E-state index is 11.7. The molecule has 1 saturated carbocycles. The highest BCUT2D eigenvalue weighted by Crippen LogP contribution is 2.39. The van der Waals surface area contributed by atoms with Crippen LogP contribution in [0.5, 0.6) is 0 Å². The molecule has 0 bridgehead atoms. The molecule has 0 aromatic carbocycles. The summed E-state index contributed by atoms with van der Waals surface area (Å²) in [5.74, 6) is 0.314. The van der Waals surface area contributed by atoms with Gasteiger partial charge in [-0.1, -0.05) is 6.92 Å². The van der Waals surface area contributed by atoms with Gasteiger partial charge in [-0.25, -0.2) is 0 Å². The number of amides is 1. The lowest BCUT2D eigenvalue weighted by molar-refractivity contribution is -0.131. The number of carbonyl (C=O) groups is 1. The van der Waals surface area contributed by atoms with Gasteiger partial charge in [0.25, 0.3) is 0 Å². The minimum atomic E-state index is -0.0156. The van der Waals surface area contributed by atoms with Crippen LogP contribution in [0.15, 0.2) is 0 Å². The van der Waals surface area contributed by atoms with Crippen LogP contribution in [-0.4, -0.2) is 41.0 Å². The first-order valence-corrected chi connectivity index (χ1v) is 5.13. The Labute approximate surface area is 79.7 Å². The Hall–Kier alpha value is -0.570. The predicted octanol–water partition coefficient (Wildman–Crippen LogP) is 1.05. The lowest BCUT2D eigenvalue weighted by atomic mass is 10.1. The first-order chi connectivity index (χ1) is 6.09. The molecule has 0 radical (unpaired) electrons. The summed E-state index contributed by atoms with van der Waals surface area (Å²) in [6.45, 7) is 4.93. The molecule has 1 aliphatic heterocycles. The van der Waals surface area contributed by atoms with E-state index in [2.05, 4.69) is 23.6 Å². The van der Waals surface area contributed by atoms with E-state index < -0.39 is 0 Å². The van der Waals surface area contributed by atoms with Gasteiger partial charge in [-0.3, -0.25) is 9.69 Å². The molecule has 1 aliphatic carbocycles. The van der Waals surface area contributed by atoms with Crippen LogP contribution >= 0.6 is 0 Å². The van der Waals surface area contributed by atoms with E-state index in [1.807, 2.05) is 7.05 Å². The van der Waals surface area contributed by atoms with Gasteiger partial charge in [-0.2, -0.15) is 0 Å². The Morgan fingerprint density at radius 3 is 2.62 bits per heavy atom. The Balaban J connectivity index is 2.25. The predicted molar refractivity (Wildman–Crippen MR) is 51.2 cm³/mol. The Morgan fingerprint density at radius 2 is 2.15 bits per heavy atom. The molecular weight excluding hydrogens is 164 g/mol. The number of hydrogen-bond acceptors (Lipinski definition) is 2. The quantitative estimate of drug-likeness (QED) is 0.637. The third-order valence-electron chi connectivity index (χ3n) is 3.56. The second kappa shape index (κ2) is 2.71. The maximum Gasteiger partial charge on any atom is 0.238 e. The van der Waals surface area contributed by atoms with E-state index in [0.717, 1.165) is 6.42 Å². The summed E-state index contributed by atoms with van der Waals surface area (Å²) in [7, 11) is 2.05. The summed E-state index contributed by atoms with van der Waals surface area (Å²) in [5.41, 5.74) is -0.0156. The van der Waals surface area contributed by atoms with Gasteiger partial charge in [0.2, 0.25) is 5.91 Å². The smallest absolute Gasteiger partial charge is 0.238 e. The highest BCUT2D eigenvalue weighted by molar-refractivity contribution is 5.82. The summed E-state index contributed by atoms with van der Waals surface area (Å²) in [6, 6.07) is 0.544. The van der Waals surface area contributed by atoms with E-state index >= 15 is 0 Å². The van der Waals surface area contributed by atoms with Crippen molar-refractivity contribution in [1.29, 1.82) is 0 Å². The normalized spacial score (nSPS) is 35.9. The summed E-state index contributed by atoms with van der Waals surface area (Å²) in [4.78, 5) is 16.0. The van der Waals surface area contributed by atoms with Crippen molar-refractivity contribution in [2.24, 2.45) is 0 Å².